The number of rotatable bonds is 9. The summed E-state index contributed by atoms with van der Waals surface area (Å²) in [6.07, 6.45) is -0.479. The Morgan fingerprint density at radius 3 is 2.39 bits per heavy atom. The number of carbonyl (C=O) groups is 3. The zero-order chi connectivity index (χ0) is 22.2. The van der Waals surface area contributed by atoms with Crippen molar-refractivity contribution in [1.82, 2.24) is 0 Å². The predicted molar refractivity (Wildman–Crippen MR) is 117 cm³/mol. The summed E-state index contributed by atoms with van der Waals surface area (Å²) in [5.74, 6) is -1.81. The van der Waals surface area contributed by atoms with Crippen LogP contribution in [0.25, 0.3) is 11.1 Å². The van der Waals surface area contributed by atoms with Gasteiger partial charge in [-0.25, -0.2) is 4.79 Å². The van der Waals surface area contributed by atoms with E-state index < -0.39 is 24.3 Å². The summed E-state index contributed by atoms with van der Waals surface area (Å²) >= 11 is 1.08. The number of amides is 1. The molecule has 2 aromatic carbocycles. The number of hydrogen-bond donors (Lipinski definition) is 2. The van der Waals surface area contributed by atoms with Crippen LogP contribution in [0.1, 0.15) is 29.3 Å². The summed E-state index contributed by atoms with van der Waals surface area (Å²) in [5, 5.41) is 14.0. The number of ether oxygens (including phenoxy) is 2. The number of hydrogen-bond acceptors (Lipinski definition) is 6. The number of carbonyl (C=O) groups excluding carboxylic acids is 2. The molecule has 0 spiro atoms. The molecule has 0 saturated heterocycles. The van der Waals surface area contributed by atoms with Gasteiger partial charge in [-0.2, -0.15) is 0 Å². The number of carboxylic acids is 1. The second kappa shape index (κ2) is 10.4. The predicted octanol–water partition coefficient (Wildman–Crippen LogP) is 4.58. The van der Waals surface area contributed by atoms with E-state index in [2.05, 4.69) is 5.32 Å². The molecular formula is C23H21NO6S. The van der Waals surface area contributed by atoms with E-state index in [-0.39, 0.29) is 17.2 Å². The van der Waals surface area contributed by atoms with Gasteiger partial charge in [-0.15, -0.1) is 11.3 Å². The number of esters is 1. The van der Waals surface area contributed by atoms with Gasteiger partial charge in [0, 0.05) is 10.9 Å². The number of nitrogens with one attached hydrogen (secondary N) is 1. The molecule has 3 rings (SSSR count). The summed E-state index contributed by atoms with van der Waals surface area (Å²) in [4.78, 5) is 35.3. The zero-order valence-corrected chi connectivity index (χ0v) is 17.6. The molecule has 31 heavy (non-hydrogen) atoms. The van der Waals surface area contributed by atoms with E-state index in [0.717, 1.165) is 16.9 Å². The first-order valence-electron chi connectivity index (χ1n) is 9.55. The van der Waals surface area contributed by atoms with E-state index in [1.54, 1.807) is 36.6 Å². The third kappa shape index (κ3) is 5.93. The zero-order valence-electron chi connectivity index (χ0n) is 16.8. The van der Waals surface area contributed by atoms with Crippen molar-refractivity contribution >= 4 is 34.2 Å². The topological polar surface area (TPSA) is 102 Å². The highest BCUT2D eigenvalue weighted by atomic mass is 32.1. The fourth-order valence-corrected chi connectivity index (χ4v) is 3.84. The van der Waals surface area contributed by atoms with Crippen LogP contribution < -0.4 is 10.1 Å². The van der Waals surface area contributed by atoms with Gasteiger partial charge in [0.1, 0.15) is 29.3 Å². The Morgan fingerprint density at radius 2 is 1.74 bits per heavy atom. The van der Waals surface area contributed by atoms with Crippen LogP contribution in [0, 0.1) is 0 Å². The van der Waals surface area contributed by atoms with Gasteiger partial charge in [-0.05, 0) is 30.2 Å². The van der Waals surface area contributed by atoms with E-state index in [4.69, 9.17) is 9.47 Å². The SMILES string of the molecule is CCOC(=O)CC(=O)Nc1scc(-c2ccc(OCc3ccccc3)cc2)c1C(=O)O. The molecule has 0 aliphatic rings. The van der Waals surface area contributed by atoms with Crippen LogP contribution in [-0.4, -0.2) is 29.6 Å². The second-order valence-electron chi connectivity index (χ2n) is 6.49. The molecule has 0 radical (unpaired) electrons. The van der Waals surface area contributed by atoms with Crippen molar-refractivity contribution < 1.29 is 29.0 Å². The minimum atomic E-state index is -1.17. The van der Waals surface area contributed by atoms with Crippen LogP contribution in [0.3, 0.4) is 0 Å². The third-order valence-electron chi connectivity index (χ3n) is 4.28. The quantitative estimate of drug-likeness (QED) is 0.374. The summed E-state index contributed by atoms with van der Waals surface area (Å²) in [6, 6.07) is 16.8. The van der Waals surface area contributed by atoms with Gasteiger partial charge in [0.25, 0.3) is 0 Å². The molecule has 0 saturated carbocycles. The van der Waals surface area contributed by atoms with Crippen molar-refractivity contribution in [3.8, 4) is 16.9 Å². The number of benzene rings is 2. The Kier molecular flexibility index (Phi) is 7.40. The van der Waals surface area contributed by atoms with Crippen molar-refractivity contribution in [3.63, 3.8) is 0 Å². The molecule has 0 aliphatic carbocycles. The molecule has 1 heterocycles. The van der Waals surface area contributed by atoms with Crippen molar-refractivity contribution in [2.75, 3.05) is 11.9 Å². The molecule has 0 unspecified atom stereocenters. The average molecular weight is 439 g/mol. The maximum atomic E-state index is 12.0. The van der Waals surface area contributed by atoms with E-state index >= 15 is 0 Å². The number of aromatic carboxylic acids is 1. The van der Waals surface area contributed by atoms with Gasteiger partial charge in [0.15, 0.2) is 0 Å². The van der Waals surface area contributed by atoms with Gasteiger partial charge < -0.3 is 19.9 Å². The first-order valence-corrected chi connectivity index (χ1v) is 10.4. The lowest BCUT2D eigenvalue weighted by molar-refractivity contribution is -0.145. The average Bonchev–Trinajstić information content (AvgIpc) is 3.17. The molecule has 7 nitrogen and oxygen atoms in total. The van der Waals surface area contributed by atoms with Crippen molar-refractivity contribution in [2.24, 2.45) is 0 Å². The maximum Gasteiger partial charge on any atom is 0.339 e. The van der Waals surface area contributed by atoms with Gasteiger partial charge >= 0.3 is 11.9 Å². The monoisotopic (exact) mass is 439 g/mol. The lowest BCUT2D eigenvalue weighted by Crippen LogP contribution is -2.18. The summed E-state index contributed by atoms with van der Waals surface area (Å²) in [6.45, 7) is 2.23. The first-order chi connectivity index (χ1) is 15.0. The smallest absolute Gasteiger partial charge is 0.339 e. The molecule has 1 aromatic heterocycles. The van der Waals surface area contributed by atoms with Gasteiger partial charge in [0.05, 0.1) is 6.61 Å². The Morgan fingerprint density at radius 1 is 1.03 bits per heavy atom. The fourth-order valence-electron chi connectivity index (χ4n) is 2.86. The molecule has 3 aromatic rings. The largest absolute Gasteiger partial charge is 0.489 e. The van der Waals surface area contributed by atoms with Crippen molar-refractivity contribution in [2.45, 2.75) is 20.0 Å². The normalized spacial score (nSPS) is 10.4. The minimum absolute atomic E-state index is 0.0276. The summed E-state index contributed by atoms with van der Waals surface area (Å²) in [7, 11) is 0. The molecule has 1 amide bonds. The van der Waals surface area contributed by atoms with Crippen LogP contribution in [0.4, 0.5) is 5.00 Å². The van der Waals surface area contributed by atoms with Gasteiger partial charge in [-0.1, -0.05) is 42.5 Å². The Balaban J connectivity index is 1.72. The summed E-state index contributed by atoms with van der Waals surface area (Å²) < 4.78 is 10.5. The fraction of sp³-hybridized carbons (Fsp3) is 0.174. The Bertz CT molecular complexity index is 1060. The van der Waals surface area contributed by atoms with Crippen LogP contribution in [0.5, 0.6) is 5.75 Å². The van der Waals surface area contributed by atoms with Crippen LogP contribution in [-0.2, 0) is 20.9 Å². The van der Waals surface area contributed by atoms with Crippen LogP contribution >= 0.6 is 11.3 Å². The lowest BCUT2D eigenvalue weighted by Gasteiger charge is -2.08. The second-order valence-corrected chi connectivity index (χ2v) is 7.37. The molecule has 0 aliphatic heterocycles. The van der Waals surface area contributed by atoms with E-state index in [1.165, 1.54) is 0 Å². The van der Waals surface area contributed by atoms with Crippen molar-refractivity contribution in [1.29, 1.82) is 0 Å². The highest BCUT2D eigenvalue weighted by Crippen LogP contribution is 2.36. The highest BCUT2D eigenvalue weighted by Gasteiger charge is 2.22. The number of anilines is 1. The molecular weight excluding hydrogens is 418 g/mol. The number of thiophene rings is 1. The minimum Gasteiger partial charge on any atom is -0.489 e. The molecule has 0 atom stereocenters. The molecule has 2 N–H and O–H groups in total. The lowest BCUT2D eigenvalue weighted by atomic mass is 10.0. The highest BCUT2D eigenvalue weighted by molar-refractivity contribution is 7.15. The van der Waals surface area contributed by atoms with E-state index in [9.17, 15) is 19.5 Å². The summed E-state index contributed by atoms with van der Waals surface area (Å²) in [5.41, 5.74) is 2.16. The van der Waals surface area contributed by atoms with Crippen LogP contribution in [0.2, 0.25) is 0 Å². The Hall–Kier alpha value is -3.65. The number of carboxylic acid groups (broad SMARTS) is 1. The maximum absolute atomic E-state index is 12.0. The van der Waals surface area contributed by atoms with Crippen LogP contribution in [0.15, 0.2) is 60.0 Å². The molecule has 0 fully saturated rings. The molecule has 0 bridgehead atoms. The molecule has 160 valence electrons. The van der Waals surface area contributed by atoms with Crippen molar-refractivity contribution in [3.05, 3.63) is 71.1 Å². The van der Waals surface area contributed by atoms with Gasteiger partial charge in [-0.3, -0.25) is 9.59 Å². The standard InChI is InChI=1S/C23H21NO6S/c1-2-29-20(26)12-19(25)24-22-21(23(27)28)18(14-31-22)16-8-10-17(11-9-16)30-13-15-6-4-3-5-7-15/h3-11,14H,2,12-13H2,1H3,(H,24,25)(H,27,28). The molecule has 8 heteroatoms. The van der Waals surface area contributed by atoms with E-state index in [0.29, 0.717) is 23.5 Å². The third-order valence-corrected chi connectivity index (χ3v) is 5.18. The Labute approximate surface area is 183 Å². The first kappa shape index (κ1) is 22.0. The van der Waals surface area contributed by atoms with Gasteiger partial charge in [0.2, 0.25) is 5.91 Å². The van der Waals surface area contributed by atoms with E-state index in [1.807, 2.05) is 30.3 Å².